The van der Waals surface area contributed by atoms with Crippen molar-refractivity contribution in [1.82, 2.24) is 4.98 Å². The van der Waals surface area contributed by atoms with E-state index in [9.17, 15) is 0 Å². The van der Waals surface area contributed by atoms with Crippen LogP contribution in [0.2, 0.25) is 0 Å². The molecule has 0 saturated heterocycles. The minimum atomic E-state index is 0.160. The zero-order valence-corrected chi connectivity index (χ0v) is 11.7. The highest BCUT2D eigenvalue weighted by atomic mass is 31.0. The van der Waals surface area contributed by atoms with Crippen LogP contribution in [-0.2, 0) is 5.41 Å². The maximum absolute atomic E-state index is 4.47. The van der Waals surface area contributed by atoms with Gasteiger partial charge in [-0.3, -0.25) is 4.98 Å². The zero-order chi connectivity index (χ0) is 12.5. The maximum atomic E-state index is 4.47. The van der Waals surface area contributed by atoms with Gasteiger partial charge in [-0.05, 0) is 28.4 Å². The van der Waals surface area contributed by atoms with Crippen molar-refractivity contribution < 1.29 is 0 Å². The highest BCUT2D eigenvalue weighted by Crippen LogP contribution is 2.25. The molecular weight excluding hydrogens is 225 g/mol. The Labute approximate surface area is 105 Å². The SMILES string of the molecule is CC(C)(C)c1ccnc(-c2ccccc2P)c1. The molecule has 0 N–H and O–H groups in total. The first-order valence-corrected chi connectivity index (χ1v) is 6.37. The van der Waals surface area contributed by atoms with Crippen LogP contribution in [0.3, 0.4) is 0 Å². The number of aromatic nitrogens is 1. The standard InChI is InChI=1S/C15H18NP/c1-15(2,3)11-8-9-16-13(10-11)12-6-4-5-7-14(12)17/h4-10H,17H2,1-3H3. The number of hydrogen-bond donors (Lipinski definition) is 0. The average molecular weight is 243 g/mol. The van der Waals surface area contributed by atoms with E-state index < -0.39 is 0 Å². The highest BCUT2D eigenvalue weighted by molar-refractivity contribution is 7.27. The quantitative estimate of drug-likeness (QED) is 0.698. The van der Waals surface area contributed by atoms with Gasteiger partial charge in [0.1, 0.15) is 0 Å². The molecule has 0 aliphatic rings. The Hall–Kier alpha value is -1.20. The van der Waals surface area contributed by atoms with Crippen LogP contribution < -0.4 is 5.30 Å². The van der Waals surface area contributed by atoms with Crippen LogP contribution in [0.4, 0.5) is 0 Å². The lowest BCUT2D eigenvalue weighted by Crippen LogP contribution is -2.11. The van der Waals surface area contributed by atoms with E-state index in [0.717, 1.165) is 5.69 Å². The number of benzene rings is 1. The zero-order valence-electron chi connectivity index (χ0n) is 10.6. The average Bonchev–Trinajstić information content (AvgIpc) is 2.29. The van der Waals surface area contributed by atoms with Crippen molar-refractivity contribution >= 4 is 14.5 Å². The third-order valence-electron chi connectivity index (χ3n) is 2.86. The first-order valence-electron chi connectivity index (χ1n) is 5.80. The summed E-state index contributed by atoms with van der Waals surface area (Å²) >= 11 is 0. The van der Waals surface area contributed by atoms with Crippen molar-refractivity contribution in [3.05, 3.63) is 48.2 Å². The van der Waals surface area contributed by atoms with Crippen LogP contribution in [0.15, 0.2) is 42.6 Å². The van der Waals surface area contributed by atoms with Gasteiger partial charge in [-0.15, -0.1) is 9.24 Å². The molecule has 1 heterocycles. The molecule has 1 nitrogen and oxygen atoms in total. The molecule has 2 heteroatoms. The molecule has 17 heavy (non-hydrogen) atoms. The predicted molar refractivity (Wildman–Crippen MR) is 77.7 cm³/mol. The first kappa shape index (κ1) is 12.3. The Bertz CT molecular complexity index is 526. The lowest BCUT2D eigenvalue weighted by Gasteiger charge is -2.19. The molecular formula is C15H18NP. The summed E-state index contributed by atoms with van der Waals surface area (Å²) in [6.07, 6.45) is 1.90. The second kappa shape index (κ2) is 4.58. The van der Waals surface area contributed by atoms with Gasteiger partial charge in [0, 0.05) is 11.8 Å². The smallest absolute Gasteiger partial charge is 0.0711 e. The first-order chi connectivity index (χ1) is 7.98. The van der Waals surface area contributed by atoms with Gasteiger partial charge in [0.15, 0.2) is 0 Å². The Balaban J connectivity index is 2.51. The molecule has 2 rings (SSSR count). The van der Waals surface area contributed by atoms with E-state index in [1.807, 2.05) is 18.3 Å². The minimum absolute atomic E-state index is 0.160. The van der Waals surface area contributed by atoms with Gasteiger partial charge in [0.25, 0.3) is 0 Å². The third-order valence-corrected chi connectivity index (χ3v) is 3.37. The monoisotopic (exact) mass is 243 g/mol. The van der Waals surface area contributed by atoms with E-state index in [1.165, 1.54) is 16.4 Å². The highest BCUT2D eigenvalue weighted by Gasteiger charge is 2.14. The lowest BCUT2D eigenvalue weighted by atomic mass is 9.87. The Morgan fingerprint density at radius 3 is 2.41 bits per heavy atom. The molecule has 2 aromatic rings. The molecule has 0 spiro atoms. The summed E-state index contributed by atoms with van der Waals surface area (Å²) in [6, 6.07) is 12.6. The fourth-order valence-corrected chi connectivity index (χ4v) is 2.13. The van der Waals surface area contributed by atoms with Crippen molar-refractivity contribution in [2.24, 2.45) is 0 Å². The molecule has 1 aromatic heterocycles. The maximum Gasteiger partial charge on any atom is 0.0711 e. The summed E-state index contributed by atoms with van der Waals surface area (Å²) in [4.78, 5) is 4.47. The summed E-state index contributed by atoms with van der Waals surface area (Å²) in [5.74, 6) is 0. The van der Waals surface area contributed by atoms with Gasteiger partial charge in [-0.2, -0.15) is 0 Å². The number of rotatable bonds is 1. The van der Waals surface area contributed by atoms with E-state index in [2.05, 4.69) is 59.3 Å². The topological polar surface area (TPSA) is 12.9 Å². The van der Waals surface area contributed by atoms with Gasteiger partial charge in [-0.1, -0.05) is 45.0 Å². The van der Waals surface area contributed by atoms with E-state index in [4.69, 9.17) is 0 Å². The number of nitrogens with zero attached hydrogens (tertiary/aromatic N) is 1. The summed E-state index contributed by atoms with van der Waals surface area (Å²) in [7, 11) is 2.77. The Kier molecular flexibility index (Phi) is 3.31. The van der Waals surface area contributed by atoms with E-state index >= 15 is 0 Å². The van der Waals surface area contributed by atoms with Crippen LogP contribution in [0.1, 0.15) is 26.3 Å². The molecule has 0 aliphatic heterocycles. The second-order valence-electron chi connectivity index (χ2n) is 5.27. The second-order valence-corrected chi connectivity index (χ2v) is 5.89. The van der Waals surface area contributed by atoms with Crippen LogP contribution in [0.5, 0.6) is 0 Å². The summed E-state index contributed by atoms with van der Waals surface area (Å²) in [6.45, 7) is 6.66. The van der Waals surface area contributed by atoms with Crippen molar-refractivity contribution in [1.29, 1.82) is 0 Å². The normalized spacial score (nSPS) is 11.5. The molecule has 0 aliphatic carbocycles. The van der Waals surface area contributed by atoms with E-state index in [0.29, 0.717) is 0 Å². The predicted octanol–water partition coefficient (Wildman–Crippen LogP) is 3.55. The molecule has 0 fully saturated rings. The van der Waals surface area contributed by atoms with Crippen LogP contribution in [0, 0.1) is 0 Å². The number of hydrogen-bond acceptors (Lipinski definition) is 1. The molecule has 0 saturated carbocycles. The van der Waals surface area contributed by atoms with Gasteiger partial charge in [0.2, 0.25) is 0 Å². The molecule has 0 bridgehead atoms. The van der Waals surface area contributed by atoms with Crippen molar-refractivity contribution in [3.63, 3.8) is 0 Å². The largest absolute Gasteiger partial charge is 0.256 e. The summed E-state index contributed by atoms with van der Waals surface area (Å²) in [5, 5.41) is 1.19. The molecule has 0 radical (unpaired) electrons. The fraction of sp³-hybridized carbons (Fsp3) is 0.267. The van der Waals surface area contributed by atoms with Crippen LogP contribution >= 0.6 is 9.24 Å². The van der Waals surface area contributed by atoms with E-state index in [-0.39, 0.29) is 5.41 Å². The molecule has 0 amide bonds. The molecule has 88 valence electrons. The molecule has 1 atom stereocenters. The molecule has 1 aromatic carbocycles. The minimum Gasteiger partial charge on any atom is -0.256 e. The van der Waals surface area contributed by atoms with Gasteiger partial charge in [0.05, 0.1) is 5.69 Å². The van der Waals surface area contributed by atoms with Gasteiger partial charge >= 0.3 is 0 Å². The Morgan fingerprint density at radius 1 is 1.06 bits per heavy atom. The van der Waals surface area contributed by atoms with Crippen molar-refractivity contribution in [3.8, 4) is 11.3 Å². The third kappa shape index (κ3) is 2.73. The van der Waals surface area contributed by atoms with Crippen LogP contribution in [-0.4, -0.2) is 4.98 Å². The van der Waals surface area contributed by atoms with E-state index in [1.54, 1.807) is 0 Å². The van der Waals surface area contributed by atoms with Crippen molar-refractivity contribution in [2.75, 3.05) is 0 Å². The van der Waals surface area contributed by atoms with Crippen molar-refractivity contribution in [2.45, 2.75) is 26.2 Å². The summed E-state index contributed by atoms with van der Waals surface area (Å²) < 4.78 is 0. The Morgan fingerprint density at radius 2 is 1.76 bits per heavy atom. The fourth-order valence-electron chi connectivity index (χ4n) is 1.77. The number of pyridine rings is 1. The molecule has 1 unspecified atom stereocenters. The van der Waals surface area contributed by atoms with Crippen LogP contribution in [0.25, 0.3) is 11.3 Å². The van der Waals surface area contributed by atoms with Gasteiger partial charge < -0.3 is 0 Å². The summed E-state index contributed by atoms with van der Waals surface area (Å²) in [5.41, 5.74) is 3.70. The lowest BCUT2D eigenvalue weighted by molar-refractivity contribution is 0.589. The van der Waals surface area contributed by atoms with Gasteiger partial charge in [-0.25, -0.2) is 0 Å².